The van der Waals surface area contributed by atoms with E-state index in [4.69, 9.17) is 0 Å². The van der Waals surface area contributed by atoms with Crippen molar-refractivity contribution < 1.29 is 9.31 Å². The molecule has 0 bridgehead atoms. The first kappa shape index (κ1) is 12.9. The molecule has 0 aliphatic rings. The van der Waals surface area contributed by atoms with Crippen molar-refractivity contribution in [2.75, 3.05) is 11.9 Å². The maximum absolute atomic E-state index is 13.5. The summed E-state index contributed by atoms with van der Waals surface area (Å²) in [5, 5.41) is 10.9. The summed E-state index contributed by atoms with van der Waals surface area (Å²) in [5.74, 6) is -0.122. The second-order valence-corrected chi connectivity index (χ2v) is 4.05. The fraction of sp³-hybridized carbons (Fsp3) is 0.154. The molecule has 1 aromatic carbocycles. The third-order valence-corrected chi connectivity index (χ3v) is 2.69. The van der Waals surface area contributed by atoms with E-state index in [0.717, 1.165) is 0 Å². The molecule has 0 unspecified atom stereocenters. The first-order chi connectivity index (χ1) is 9.09. The van der Waals surface area contributed by atoms with Gasteiger partial charge in [-0.05, 0) is 12.1 Å². The van der Waals surface area contributed by atoms with Crippen LogP contribution in [0.4, 0.5) is 15.9 Å². The minimum Gasteiger partial charge on any atom is -0.350 e. The number of hydrogen-bond acceptors (Lipinski definition) is 4. The molecule has 2 rings (SSSR count). The van der Waals surface area contributed by atoms with Crippen LogP contribution >= 0.6 is 0 Å². The number of nitro groups is 1. The predicted molar refractivity (Wildman–Crippen MR) is 69.4 cm³/mol. The zero-order chi connectivity index (χ0) is 13.8. The number of anilines is 1. The van der Waals surface area contributed by atoms with E-state index in [1.807, 2.05) is 0 Å². The normalized spacial score (nSPS) is 10.2. The second-order valence-electron chi connectivity index (χ2n) is 4.05. The molecule has 2 aromatic rings. The van der Waals surface area contributed by atoms with Gasteiger partial charge < -0.3 is 4.90 Å². The monoisotopic (exact) mass is 261 g/mol. The lowest BCUT2D eigenvalue weighted by molar-refractivity contribution is -0.384. The van der Waals surface area contributed by atoms with E-state index in [-0.39, 0.29) is 23.9 Å². The third kappa shape index (κ3) is 2.85. The van der Waals surface area contributed by atoms with Crippen LogP contribution < -0.4 is 4.90 Å². The molecular weight excluding hydrogens is 249 g/mol. The SMILES string of the molecule is CN(Cc1ccccc1F)c1ncccc1[N+](=O)[O-]. The average Bonchev–Trinajstić information content (AvgIpc) is 2.41. The lowest BCUT2D eigenvalue weighted by atomic mass is 10.2. The lowest BCUT2D eigenvalue weighted by Gasteiger charge is -2.18. The van der Waals surface area contributed by atoms with Crippen LogP contribution in [0.3, 0.4) is 0 Å². The number of rotatable bonds is 4. The van der Waals surface area contributed by atoms with Crippen molar-refractivity contribution in [3.8, 4) is 0 Å². The molecule has 19 heavy (non-hydrogen) atoms. The molecular formula is C13H12FN3O2. The van der Waals surface area contributed by atoms with Gasteiger partial charge in [-0.3, -0.25) is 10.1 Å². The summed E-state index contributed by atoms with van der Waals surface area (Å²) in [5.41, 5.74) is 0.367. The minimum atomic E-state index is -0.500. The molecule has 0 N–H and O–H groups in total. The van der Waals surface area contributed by atoms with Crippen molar-refractivity contribution in [1.82, 2.24) is 4.98 Å². The molecule has 1 aromatic heterocycles. The van der Waals surface area contributed by atoms with Crippen molar-refractivity contribution in [2.24, 2.45) is 0 Å². The summed E-state index contributed by atoms with van der Waals surface area (Å²) in [6, 6.07) is 9.19. The lowest BCUT2D eigenvalue weighted by Crippen LogP contribution is -2.19. The first-order valence-electron chi connectivity index (χ1n) is 5.63. The molecule has 1 heterocycles. The number of benzene rings is 1. The van der Waals surface area contributed by atoms with Gasteiger partial charge in [0.15, 0.2) is 0 Å². The maximum Gasteiger partial charge on any atom is 0.311 e. The van der Waals surface area contributed by atoms with E-state index in [1.54, 1.807) is 30.1 Å². The van der Waals surface area contributed by atoms with Gasteiger partial charge in [0.25, 0.3) is 0 Å². The number of pyridine rings is 1. The third-order valence-electron chi connectivity index (χ3n) is 2.69. The standard InChI is InChI=1S/C13H12FN3O2/c1-16(9-10-5-2-3-6-11(10)14)13-12(17(18)19)7-4-8-15-13/h2-8H,9H2,1H3. The van der Waals surface area contributed by atoms with Crippen LogP contribution in [0.5, 0.6) is 0 Å². The number of hydrogen-bond donors (Lipinski definition) is 0. The van der Waals surface area contributed by atoms with Gasteiger partial charge in [-0.2, -0.15) is 0 Å². The minimum absolute atomic E-state index is 0.0960. The van der Waals surface area contributed by atoms with Gasteiger partial charge in [-0.1, -0.05) is 18.2 Å². The van der Waals surface area contributed by atoms with Gasteiger partial charge in [0.2, 0.25) is 5.82 Å². The molecule has 0 amide bonds. The zero-order valence-corrected chi connectivity index (χ0v) is 10.3. The van der Waals surface area contributed by atoms with Crippen LogP contribution in [0, 0.1) is 15.9 Å². The molecule has 0 radical (unpaired) electrons. The summed E-state index contributed by atoms with van der Waals surface area (Å²) in [6.07, 6.45) is 1.47. The Morgan fingerprint density at radius 2 is 2.05 bits per heavy atom. The van der Waals surface area contributed by atoms with E-state index < -0.39 is 4.92 Å². The summed E-state index contributed by atoms with van der Waals surface area (Å²) in [7, 11) is 1.64. The Bertz CT molecular complexity index is 604. The van der Waals surface area contributed by atoms with Crippen LogP contribution in [0.25, 0.3) is 0 Å². The Morgan fingerprint density at radius 1 is 1.32 bits per heavy atom. The molecule has 0 saturated heterocycles. The number of nitrogens with zero attached hydrogens (tertiary/aromatic N) is 3. The van der Waals surface area contributed by atoms with Crippen molar-refractivity contribution in [2.45, 2.75) is 6.54 Å². The van der Waals surface area contributed by atoms with Crippen LogP contribution in [-0.2, 0) is 6.54 Å². The summed E-state index contributed by atoms with van der Waals surface area (Å²) < 4.78 is 13.5. The summed E-state index contributed by atoms with van der Waals surface area (Å²) in [6.45, 7) is 0.213. The molecule has 6 heteroatoms. The van der Waals surface area contributed by atoms with Gasteiger partial charge in [-0.15, -0.1) is 0 Å². The predicted octanol–water partition coefficient (Wildman–Crippen LogP) is 2.77. The Labute approximate surface area is 109 Å². The van der Waals surface area contributed by atoms with Crippen LogP contribution in [0.1, 0.15) is 5.56 Å². The molecule has 5 nitrogen and oxygen atoms in total. The molecule has 98 valence electrons. The van der Waals surface area contributed by atoms with E-state index in [9.17, 15) is 14.5 Å². The highest BCUT2D eigenvalue weighted by Gasteiger charge is 2.18. The zero-order valence-electron chi connectivity index (χ0n) is 10.3. The Morgan fingerprint density at radius 3 is 2.74 bits per heavy atom. The Balaban J connectivity index is 2.28. The van der Waals surface area contributed by atoms with E-state index in [1.165, 1.54) is 24.4 Å². The first-order valence-corrected chi connectivity index (χ1v) is 5.63. The van der Waals surface area contributed by atoms with Crippen LogP contribution in [0.2, 0.25) is 0 Å². The Hall–Kier alpha value is -2.50. The highest BCUT2D eigenvalue weighted by molar-refractivity contribution is 5.56. The van der Waals surface area contributed by atoms with E-state index >= 15 is 0 Å². The van der Waals surface area contributed by atoms with Crippen molar-refractivity contribution in [1.29, 1.82) is 0 Å². The Kier molecular flexibility index (Phi) is 3.70. The van der Waals surface area contributed by atoms with Crippen molar-refractivity contribution in [3.63, 3.8) is 0 Å². The van der Waals surface area contributed by atoms with E-state index in [2.05, 4.69) is 4.98 Å². The summed E-state index contributed by atoms with van der Waals surface area (Å²) >= 11 is 0. The molecule has 0 fully saturated rings. The molecule has 0 spiro atoms. The topological polar surface area (TPSA) is 59.3 Å². The van der Waals surface area contributed by atoms with E-state index in [0.29, 0.717) is 5.56 Å². The molecule has 0 aliphatic carbocycles. The molecule has 0 atom stereocenters. The maximum atomic E-state index is 13.5. The van der Waals surface area contributed by atoms with Gasteiger partial charge in [-0.25, -0.2) is 9.37 Å². The largest absolute Gasteiger partial charge is 0.350 e. The van der Waals surface area contributed by atoms with Crippen molar-refractivity contribution >= 4 is 11.5 Å². The number of halogens is 1. The summed E-state index contributed by atoms with van der Waals surface area (Å²) in [4.78, 5) is 16.0. The van der Waals surface area contributed by atoms with Crippen LogP contribution in [0.15, 0.2) is 42.6 Å². The smallest absolute Gasteiger partial charge is 0.311 e. The number of aromatic nitrogens is 1. The van der Waals surface area contributed by atoms with Gasteiger partial charge in [0.05, 0.1) is 4.92 Å². The fourth-order valence-electron chi connectivity index (χ4n) is 1.78. The highest BCUT2D eigenvalue weighted by atomic mass is 19.1. The highest BCUT2D eigenvalue weighted by Crippen LogP contribution is 2.25. The molecule has 0 saturated carbocycles. The van der Waals surface area contributed by atoms with Gasteiger partial charge in [0.1, 0.15) is 5.82 Å². The van der Waals surface area contributed by atoms with Crippen LogP contribution in [-0.4, -0.2) is 17.0 Å². The quantitative estimate of drug-likeness (QED) is 0.627. The molecule has 0 aliphatic heterocycles. The second kappa shape index (κ2) is 5.43. The fourth-order valence-corrected chi connectivity index (χ4v) is 1.78. The average molecular weight is 261 g/mol. The van der Waals surface area contributed by atoms with Crippen molar-refractivity contribution in [3.05, 3.63) is 64.1 Å². The van der Waals surface area contributed by atoms with Gasteiger partial charge in [0, 0.05) is 31.4 Å². The van der Waals surface area contributed by atoms with Gasteiger partial charge >= 0.3 is 5.69 Å².